The fourth-order valence-electron chi connectivity index (χ4n) is 4.86. The second kappa shape index (κ2) is 6.66. The third-order valence-electron chi connectivity index (χ3n) is 6.39. The summed E-state index contributed by atoms with van der Waals surface area (Å²) in [5, 5.41) is 21.0. The van der Waals surface area contributed by atoms with Gasteiger partial charge in [0.1, 0.15) is 11.2 Å². The Bertz CT molecular complexity index is 1060. The number of hydrogen-bond donors (Lipinski definition) is 2. The molecule has 0 aliphatic heterocycles. The molecule has 0 unspecified atom stereocenters. The van der Waals surface area contributed by atoms with Crippen LogP contribution in [0.25, 0.3) is 22.3 Å². The van der Waals surface area contributed by atoms with Crippen molar-refractivity contribution in [3.63, 3.8) is 0 Å². The molecule has 0 amide bonds. The lowest BCUT2D eigenvalue weighted by atomic mass is 9.94. The van der Waals surface area contributed by atoms with Gasteiger partial charge in [0, 0.05) is 0 Å². The summed E-state index contributed by atoms with van der Waals surface area (Å²) in [6, 6.07) is 32.2. The molecule has 0 heterocycles. The van der Waals surface area contributed by atoms with E-state index in [1.54, 1.807) is 0 Å². The van der Waals surface area contributed by atoms with Gasteiger partial charge in [-0.3, -0.25) is 0 Å². The molecule has 2 aliphatic rings. The van der Waals surface area contributed by atoms with Crippen molar-refractivity contribution in [3.8, 4) is 22.3 Å². The predicted molar refractivity (Wildman–Crippen MR) is 121 cm³/mol. The van der Waals surface area contributed by atoms with Crippen LogP contribution in [0.4, 0.5) is 0 Å². The quantitative estimate of drug-likeness (QED) is 0.394. The molecule has 2 nitrogen and oxygen atoms in total. The maximum Gasteiger partial charge on any atom is 0.113 e. The minimum atomic E-state index is -0.840. The third-order valence-corrected chi connectivity index (χ3v) is 6.39. The first-order valence-electron chi connectivity index (χ1n) is 10.3. The Labute approximate surface area is 177 Å². The Kier molecular flexibility index (Phi) is 4.18. The maximum absolute atomic E-state index is 10.5. The van der Waals surface area contributed by atoms with Crippen LogP contribution in [0.5, 0.6) is 0 Å². The Morgan fingerprint density at radius 1 is 0.400 bits per heavy atom. The zero-order chi connectivity index (χ0) is 20.9. The van der Waals surface area contributed by atoms with E-state index < -0.39 is 11.2 Å². The molecule has 0 saturated heterocycles. The first-order chi connectivity index (χ1) is 14.4. The number of aliphatic hydroxyl groups is 2. The van der Waals surface area contributed by atoms with Gasteiger partial charge in [0.15, 0.2) is 0 Å². The van der Waals surface area contributed by atoms with E-state index in [1.807, 2.05) is 86.6 Å². The van der Waals surface area contributed by atoms with Crippen LogP contribution in [0.3, 0.4) is 0 Å². The Balaban J connectivity index is 0.000000128. The lowest BCUT2D eigenvalue weighted by Crippen LogP contribution is -2.18. The molecule has 0 bridgehead atoms. The topological polar surface area (TPSA) is 40.5 Å². The molecular weight excluding hydrogens is 368 g/mol. The Morgan fingerprint density at radius 3 is 0.833 bits per heavy atom. The van der Waals surface area contributed by atoms with Gasteiger partial charge < -0.3 is 10.2 Å². The van der Waals surface area contributed by atoms with E-state index in [4.69, 9.17) is 0 Å². The second-order valence-electron chi connectivity index (χ2n) is 8.33. The Morgan fingerprint density at radius 2 is 0.600 bits per heavy atom. The van der Waals surface area contributed by atoms with Gasteiger partial charge in [0.25, 0.3) is 0 Å². The van der Waals surface area contributed by atoms with Crippen molar-refractivity contribution in [3.05, 3.63) is 119 Å². The summed E-state index contributed by atoms with van der Waals surface area (Å²) in [7, 11) is 0. The maximum atomic E-state index is 10.5. The van der Waals surface area contributed by atoms with Gasteiger partial charge >= 0.3 is 0 Å². The van der Waals surface area contributed by atoms with Crippen molar-refractivity contribution in [2.24, 2.45) is 0 Å². The van der Waals surface area contributed by atoms with Crippen molar-refractivity contribution >= 4 is 0 Å². The monoisotopic (exact) mass is 392 g/mol. The molecule has 2 heteroatoms. The normalized spacial score (nSPS) is 15.9. The Hall–Kier alpha value is -3.20. The zero-order valence-corrected chi connectivity index (χ0v) is 17.1. The summed E-state index contributed by atoms with van der Waals surface area (Å²) in [5.41, 5.74) is 6.95. The molecular formula is C28H24O2. The second-order valence-corrected chi connectivity index (χ2v) is 8.33. The van der Waals surface area contributed by atoms with Crippen molar-refractivity contribution in [2.75, 3.05) is 0 Å². The number of benzene rings is 4. The van der Waals surface area contributed by atoms with Crippen LogP contribution in [0, 0.1) is 0 Å². The predicted octanol–water partition coefficient (Wildman–Crippen LogP) is 5.85. The zero-order valence-electron chi connectivity index (χ0n) is 17.1. The molecule has 0 radical (unpaired) electrons. The number of rotatable bonds is 0. The molecule has 0 fully saturated rings. The fourth-order valence-corrected chi connectivity index (χ4v) is 4.86. The summed E-state index contributed by atoms with van der Waals surface area (Å²) in [6.07, 6.45) is 0. The molecule has 0 aromatic heterocycles. The summed E-state index contributed by atoms with van der Waals surface area (Å²) in [5.74, 6) is 0. The van der Waals surface area contributed by atoms with E-state index >= 15 is 0 Å². The van der Waals surface area contributed by atoms with E-state index in [-0.39, 0.29) is 0 Å². The van der Waals surface area contributed by atoms with Crippen LogP contribution in [-0.4, -0.2) is 10.2 Å². The minimum Gasteiger partial charge on any atom is -0.381 e. The van der Waals surface area contributed by atoms with E-state index in [0.717, 1.165) is 44.5 Å². The average Bonchev–Trinajstić information content (AvgIpc) is 3.16. The van der Waals surface area contributed by atoms with Crippen LogP contribution in [0.2, 0.25) is 0 Å². The largest absolute Gasteiger partial charge is 0.381 e. The summed E-state index contributed by atoms with van der Waals surface area (Å²) in [6.45, 7) is 3.72. The molecule has 6 rings (SSSR count). The standard InChI is InChI=1S/2C14H12O/c2*1-14(15)12-8-4-2-6-10(12)11-7-3-5-9-13(11)14/h2*2-9,15H,1H3. The van der Waals surface area contributed by atoms with Gasteiger partial charge in [0.2, 0.25) is 0 Å². The highest BCUT2D eigenvalue weighted by Crippen LogP contribution is 2.47. The molecule has 0 atom stereocenters. The highest BCUT2D eigenvalue weighted by Gasteiger charge is 2.37. The smallest absolute Gasteiger partial charge is 0.113 e. The van der Waals surface area contributed by atoms with E-state index in [1.165, 1.54) is 0 Å². The average molecular weight is 392 g/mol. The van der Waals surface area contributed by atoms with Crippen LogP contribution in [0.15, 0.2) is 97.1 Å². The van der Waals surface area contributed by atoms with Crippen LogP contribution in [-0.2, 0) is 11.2 Å². The van der Waals surface area contributed by atoms with Gasteiger partial charge in [-0.15, -0.1) is 0 Å². The number of hydrogen-bond acceptors (Lipinski definition) is 2. The lowest BCUT2D eigenvalue weighted by Gasteiger charge is -2.19. The molecule has 2 N–H and O–H groups in total. The third kappa shape index (κ3) is 2.65. The summed E-state index contributed by atoms with van der Waals surface area (Å²) in [4.78, 5) is 0. The number of fused-ring (bicyclic) bond motifs is 6. The fraction of sp³-hybridized carbons (Fsp3) is 0.143. The summed E-state index contributed by atoms with van der Waals surface area (Å²) >= 11 is 0. The van der Waals surface area contributed by atoms with Gasteiger partial charge in [-0.1, -0.05) is 97.1 Å². The van der Waals surface area contributed by atoms with E-state index in [0.29, 0.717) is 0 Å². The molecule has 0 saturated carbocycles. The van der Waals surface area contributed by atoms with E-state index in [2.05, 4.69) is 24.3 Å². The first kappa shape index (κ1) is 18.8. The van der Waals surface area contributed by atoms with Gasteiger partial charge in [-0.25, -0.2) is 0 Å². The van der Waals surface area contributed by atoms with Crippen molar-refractivity contribution in [1.82, 2.24) is 0 Å². The van der Waals surface area contributed by atoms with Crippen LogP contribution in [0.1, 0.15) is 36.1 Å². The molecule has 148 valence electrons. The molecule has 4 aromatic carbocycles. The van der Waals surface area contributed by atoms with Gasteiger partial charge in [-0.05, 0) is 58.4 Å². The van der Waals surface area contributed by atoms with Crippen molar-refractivity contribution in [2.45, 2.75) is 25.0 Å². The summed E-state index contributed by atoms with van der Waals surface area (Å²) < 4.78 is 0. The van der Waals surface area contributed by atoms with E-state index in [9.17, 15) is 10.2 Å². The van der Waals surface area contributed by atoms with Gasteiger partial charge in [0.05, 0.1) is 0 Å². The highest BCUT2D eigenvalue weighted by atomic mass is 16.3. The van der Waals surface area contributed by atoms with Gasteiger partial charge in [-0.2, -0.15) is 0 Å². The molecule has 2 aliphatic carbocycles. The van der Waals surface area contributed by atoms with Crippen molar-refractivity contribution < 1.29 is 10.2 Å². The first-order valence-corrected chi connectivity index (χ1v) is 10.3. The molecule has 4 aromatic rings. The minimum absolute atomic E-state index is 0.840. The van der Waals surface area contributed by atoms with Crippen molar-refractivity contribution in [1.29, 1.82) is 0 Å². The molecule has 30 heavy (non-hydrogen) atoms. The van der Waals surface area contributed by atoms with Crippen LogP contribution < -0.4 is 0 Å². The highest BCUT2D eigenvalue weighted by molar-refractivity contribution is 5.80. The lowest BCUT2D eigenvalue weighted by molar-refractivity contribution is 0.107. The van der Waals surface area contributed by atoms with Crippen LogP contribution >= 0.6 is 0 Å². The molecule has 0 spiro atoms. The SMILES string of the molecule is CC1(O)c2ccccc2-c2ccccc21.CC1(O)c2ccccc2-c2ccccc21.